The van der Waals surface area contributed by atoms with Crippen LogP contribution >= 0.6 is 11.8 Å². The maximum Gasteiger partial charge on any atom is 0.254 e. The van der Waals surface area contributed by atoms with Crippen LogP contribution in [0.5, 0.6) is 0 Å². The van der Waals surface area contributed by atoms with Gasteiger partial charge in [-0.3, -0.25) is 14.5 Å². The van der Waals surface area contributed by atoms with Gasteiger partial charge in [-0.1, -0.05) is 60.2 Å². The third kappa shape index (κ3) is 2.43. The molecule has 0 aliphatic carbocycles. The van der Waals surface area contributed by atoms with E-state index in [0.29, 0.717) is 6.54 Å². The van der Waals surface area contributed by atoms with E-state index in [1.807, 2.05) is 62.6 Å². The number of thioether (sulfide) groups is 1. The van der Waals surface area contributed by atoms with Crippen LogP contribution in [0.3, 0.4) is 0 Å². The molecule has 0 saturated carbocycles. The molecule has 1 fully saturated rings. The molecule has 3 aliphatic rings. The van der Waals surface area contributed by atoms with Crippen molar-refractivity contribution in [3.63, 3.8) is 0 Å². The number of benzene rings is 3. The Hall–Kier alpha value is -3.09. The highest BCUT2D eigenvalue weighted by Gasteiger charge is 2.76. The van der Waals surface area contributed by atoms with Crippen molar-refractivity contribution in [1.82, 2.24) is 4.90 Å². The normalized spacial score (nSPS) is 28.3. The van der Waals surface area contributed by atoms with E-state index >= 15 is 0 Å². The number of amides is 2. The van der Waals surface area contributed by atoms with E-state index in [1.165, 1.54) is 5.56 Å². The molecule has 6 heteroatoms. The van der Waals surface area contributed by atoms with Crippen LogP contribution in [0.1, 0.15) is 22.6 Å². The molecular formula is C27H25N3O2S. The molecule has 6 rings (SSSR count). The first-order valence-corrected chi connectivity index (χ1v) is 12.0. The molecule has 1 saturated heterocycles. The van der Waals surface area contributed by atoms with E-state index < -0.39 is 10.3 Å². The van der Waals surface area contributed by atoms with Gasteiger partial charge in [-0.15, -0.1) is 11.8 Å². The summed E-state index contributed by atoms with van der Waals surface area (Å²) in [4.78, 5) is 33.3. The zero-order chi connectivity index (χ0) is 23.0. The molecule has 3 aromatic carbocycles. The van der Waals surface area contributed by atoms with Crippen molar-refractivity contribution in [1.29, 1.82) is 0 Å². The topological polar surface area (TPSA) is 52.7 Å². The number of anilines is 2. The van der Waals surface area contributed by atoms with E-state index in [9.17, 15) is 9.59 Å². The first-order valence-electron chi connectivity index (χ1n) is 11.2. The average molecular weight is 456 g/mol. The van der Waals surface area contributed by atoms with Crippen LogP contribution in [0, 0.1) is 6.92 Å². The number of para-hydroxylation sites is 2. The molecule has 2 amide bonds. The van der Waals surface area contributed by atoms with Gasteiger partial charge in [-0.25, -0.2) is 0 Å². The number of nitrogens with one attached hydrogen (secondary N) is 1. The highest BCUT2D eigenvalue weighted by Crippen LogP contribution is 2.66. The fourth-order valence-electron chi connectivity index (χ4n) is 6.04. The summed E-state index contributed by atoms with van der Waals surface area (Å²) in [6.45, 7) is 2.66. The fraction of sp³-hybridized carbons (Fsp3) is 0.259. The number of carbonyl (C=O) groups is 2. The van der Waals surface area contributed by atoms with Crippen LogP contribution in [-0.4, -0.2) is 42.1 Å². The first kappa shape index (κ1) is 20.5. The fourth-order valence-corrected chi connectivity index (χ4v) is 7.76. The molecule has 3 heterocycles. The monoisotopic (exact) mass is 455 g/mol. The highest BCUT2D eigenvalue weighted by atomic mass is 32.2. The Labute approximate surface area is 197 Å². The average Bonchev–Trinajstić information content (AvgIpc) is 3.21. The Kier molecular flexibility index (Phi) is 4.32. The summed E-state index contributed by atoms with van der Waals surface area (Å²) in [5.74, 6) is -0.340. The summed E-state index contributed by atoms with van der Waals surface area (Å²) in [5, 5.41) is 3.18. The largest absolute Gasteiger partial charge is 0.324 e. The molecule has 3 aromatic rings. The number of hydrogen-bond acceptors (Lipinski definition) is 4. The summed E-state index contributed by atoms with van der Waals surface area (Å²) in [7, 11) is 3.80. The smallest absolute Gasteiger partial charge is 0.254 e. The molecule has 0 radical (unpaired) electrons. The second-order valence-corrected chi connectivity index (χ2v) is 10.5. The van der Waals surface area contributed by atoms with Crippen molar-refractivity contribution >= 4 is 35.0 Å². The SMILES string of the molecule is Cc1ccc([C@H]2CN(C)[C@@]3(C(=O)N(C)c4ccccc43)[C@@]23Sc2ccccc2NC3=O)cc1. The van der Waals surface area contributed by atoms with E-state index in [2.05, 4.69) is 41.4 Å². The molecule has 0 bridgehead atoms. The van der Waals surface area contributed by atoms with Crippen molar-refractivity contribution in [2.45, 2.75) is 28.0 Å². The van der Waals surface area contributed by atoms with Crippen LogP contribution < -0.4 is 10.2 Å². The van der Waals surface area contributed by atoms with Gasteiger partial charge in [0.25, 0.3) is 5.91 Å². The Morgan fingerprint density at radius 3 is 2.42 bits per heavy atom. The molecule has 3 aliphatic heterocycles. The zero-order valence-electron chi connectivity index (χ0n) is 18.8. The zero-order valence-corrected chi connectivity index (χ0v) is 19.6. The second-order valence-electron chi connectivity index (χ2n) is 9.22. The predicted molar refractivity (Wildman–Crippen MR) is 132 cm³/mol. The number of likely N-dealkylation sites (N-methyl/N-ethyl adjacent to an activating group) is 2. The number of rotatable bonds is 1. The Bertz CT molecular complexity index is 1310. The van der Waals surface area contributed by atoms with Crippen molar-refractivity contribution < 1.29 is 9.59 Å². The third-order valence-corrected chi connectivity index (χ3v) is 9.21. The van der Waals surface area contributed by atoms with Gasteiger partial charge in [0.15, 0.2) is 5.54 Å². The van der Waals surface area contributed by atoms with Gasteiger partial charge in [0.2, 0.25) is 5.91 Å². The third-order valence-electron chi connectivity index (χ3n) is 7.55. The summed E-state index contributed by atoms with van der Waals surface area (Å²) in [5.41, 5.74) is 3.70. The van der Waals surface area contributed by atoms with Crippen LogP contribution in [0.4, 0.5) is 11.4 Å². The maximum atomic E-state index is 14.3. The van der Waals surface area contributed by atoms with Crippen molar-refractivity contribution in [3.05, 3.63) is 89.5 Å². The van der Waals surface area contributed by atoms with Gasteiger partial charge in [0, 0.05) is 35.7 Å². The lowest BCUT2D eigenvalue weighted by atomic mass is 9.72. The van der Waals surface area contributed by atoms with E-state index in [0.717, 1.165) is 27.4 Å². The highest BCUT2D eigenvalue weighted by molar-refractivity contribution is 8.02. The number of hydrogen-bond donors (Lipinski definition) is 1. The Balaban J connectivity index is 1.68. The van der Waals surface area contributed by atoms with Gasteiger partial charge in [0.05, 0.1) is 5.69 Å². The lowest BCUT2D eigenvalue weighted by Crippen LogP contribution is -2.64. The van der Waals surface area contributed by atoms with Crippen molar-refractivity contribution in [2.24, 2.45) is 0 Å². The lowest BCUT2D eigenvalue weighted by Gasteiger charge is -2.47. The molecule has 1 N–H and O–H groups in total. The number of carbonyl (C=O) groups excluding carboxylic acids is 2. The summed E-state index contributed by atoms with van der Waals surface area (Å²) >= 11 is 1.55. The first-order chi connectivity index (χ1) is 15.9. The molecule has 2 spiro atoms. The number of nitrogens with zero attached hydrogens (tertiary/aromatic N) is 2. The molecule has 3 atom stereocenters. The predicted octanol–water partition coefficient (Wildman–Crippen LogP) is 4.38. The van der Waals surface area contributed by atoms with E-state index in [1.54, 1.807) is 16.7 Å². The molecular weight excluding hydrogens is 430 g/mol. The molecule has 33 heavy (non-hydrogen) atoms. The lowest BCUT2D eigenvalue weighted by molar-refractivity contribution is -0.134. The number of fused-ring (bicyclic) bond motifs is 4. The maximum absolute atomic E-state index is 14.3. The van der Waals surface area contributed by atoms with Crippen molar-refractivity contribution in [3.8, 4) is 0 Å². The Morgan fingerprint density at radius 1 is 0.939 bits per heavy atom. The van der Waals surface area contributed by atoms with Crippen molar-refractivity contribution in [2.75, 3.05) is 30.9 Å². The van der Waals surface area contributed by atoms with Crippen LogP contribution in [0.2, 0.25) is 0 Å². The Morgan fingerprint density at radius 2 is 1.64 bits per heavy atom. The standard InChI is InChI=1S/C27H25N3O2S/c1-17-12-14-18(15-13-17)20-16-29(2)26(19-8-4-6-10-22(19)30(3)25(26)32)27(20)24(31)28-21-9-5-7-11-23(21)33-27/h4-15,20H,16H2,1-3H3,(H,28,31)/t20-,26+,27-/m1/s1. The second kappa shape index (κ2) is 6.95. The van der Waals surface area contributed by atoms with Crippen LogP contribution in [0.15, 0.2) is 77.7 Å². The molecule has 0 aromatic heterocycles. The molecule has 166 valence electrons. The minimum atomic E-state index is -1.11. The van der Waals surface area contributed by atoms with Gasteiger partial charge in [0.1, 0.15) is 4.75 Å². The number of likely N-dealkylation sites (tertiary alicyclic amines) is 1. The van der Waals surface area contributed by atoms with Gasteiger partial charge in [-0.2, -0.15) is 0 Å². The molecule has 5 nitrogen and oxygen atoms in total. The summed E-state index contributed by atoms with van der Waals surface area (Å²) in [6.07, 6.45) is 0. The summed E-state index contributed by atoms with van der Waals surface area (Å²) < 4.78 is -1.07. The number of aryl methyl sites for hydroxylation is 1. The van der Waals surface area contributed by atoms with Gasteiger partial charge in [-0.05, 0) is 37.7 Å². The van der Waals surface area contributed by atoms with Gasteiger partial charge >= 0.3 is 0 Å². The minimum absolute atomic E-state index is 0.0529. The quantitative estimate of drug-likeness (QED) is 0.592. The van der Waals surface area contributed by atoms with Crippen LogP contribution in [0.25, 0.3) is 0 Å². The van der Waals surface area contributed by atoms with E-state index in [-0.39, 0.29) is 17.7 Å². The molecule has 0 unspecified atom stereocenters. The van der Waals surface area contributed by atoms with Gasteiger partial charge < -0.3 is 10.2 Å². The minimum Gasteiger partial charge on any atom is -0.324 e. The summed E-state index contributed by atoms with van der Waals surface area (Å²) in [6, 6.07) is 24.2. The van der Waals surface area contributed by atoms with E-state index in [4.69, 9.17) is 0 Å². The van der Waals surface area contributed by atoms with Crippen LogP contribution in [-0.2, 0) is 15.1 Å².